The van der Waals surface area contributed by atoms with E-state index in [9.17, 15) is 0 Å². The van der Waals surface area contributed by atoms with Crippen LogP contribution in [0.1, 0.15) is 52.4 Å². The number of hydrogen-bond acceptors (Lipinski definition) is 2. The van der Waals surface area contributed by atoms with Crippen LogP contribution in [0.2, 0.25) is 0 Å². The Morgan fingerprint density at radius 2 is 2.00 bits per heavy atom. The van der Waals surface area contributed by atoms with E-state index in [1.807, 2.05) is 0 Å². The number of rotatable bonds is 2. The predicted octanol–water partition coefficient (Wildman–Crippen LogP) is 2.39. The Hall–Kier alpha value is -0.0800. The van der Waals surface area contributed by atoms with Gasteiger partial charge in [-0.05, 0) is 26.2 Å². The van der Waals surface area contributed by atoms with Crippen molar-refractivity contribution in [2.24, 2.45) is 0 Å². The van der Waals surface area contributed by atoms with Crippen LogP contribution in [0.5, 0.6) is 0 Å². The minimum absolute atomic E-state index is 0.486. The molecule has 0 bridgehead atoms. The fourth-order valence-corrected chi connectivity index (χ4v) is 3.19. The topological polar surface area (TPSA) is 15.3 Å². The highest BCUT2D eigenvalue weighted by molar-refractivity contribution is 4.97. The fourth-order valence-electron chi connectivity index (χ4n) is 3.19. The van der Waals surface area contributed by atoms with Crippen LogP contribution in [0.15, 0.2) is 0 Å². The van der Waals surface area contributed by atoms with Crippen molar-refractivity contribution in [3.8, 4) is 0 Å². The highest BCUT2D eigenvalue weighted by atomic mass is 15.2. The smallest absolute Gasteiger partial charge is 0.0309 e. The summed E-state index contributed by atoms with van der Waals surface area (Å²) in [5.41, 5.74) is 0.486. The van der Waals surface area contributed by atoms with E-state index in [4.69, 9.17) is 0 Å². The van der Waals surface area contributed by atoms with Crippen LogP contribution in [-0.2, 0) is 0 Å². The van der Waals surface area contributed by atoms with Gasteiger partial charge >= 0.3 is 0 Å². The van der Waals surface area contributed by atoms with Gasteiger partial charge in [-0.1, -0.05) is 26.2 Å². The average molecular weight is 210 g/mol. The standard InChI is InChI=1S/C13H26N2/c1-3-12(2)15-10-9-14-13(11-15)7-5-4-6-8-13/h12,14H,3-11H2,1-2H3. The molecule has 2 heteroatoms. The van der Waals surface area contributed by atoms with Gasteiger partial charge in [-0.2, -0.15) is 0 Å². The third-order valence-electron chi connectivity index (χ3n) is 4.43. The van der Waals surface area contributed by atoms with Crippen LogP contribution in [0.4, 0.5) is 0 Å². The average Bonchev–Trinajstić information content (AvgIpc) is 2.29. The molecule has 1 saturated heterocycles. The lowest BCUT2D eigenvalue weighted by Crippen LogP contribution is -2.62. The van der Waals surface area contributed by atoms with Gasteiger partial charge in [0.2, 0.25) is 0 Å². The minimum Gasteiger partial charge on any atom is -0.309 e. The third-order valence-corrected chi connectivity index (χ3v) is 4.43. The van der Waals surface area contributed by atoms with E-state index in [2.05, 4.69) is 24.1 Å². The van der Waals surface area contributed by atoms with Crippen molar-refractivity contribution in [2.75, 3.05) is 19.6 Å². The third kappa shape index (κ3) is 2.54. The minimum atomic E-state index is 0.486. The van der Waals surface area contributed by atoms with E-state index >= 15 is 0 Å². The molecule has 0 aromatic carbocycles. The summed E-state index contributed by atoms with van der Waals surface area (Å²) in [4.78, 5) is 2.70. The maximum Gasteiger partial charge on any atom is 0.0309 e. The summed E-state index contributed by atoms with van der Waals surface area (Å²) < 4.78 is 0. The Labute approximate surface area is 94.4 Å². The highest BCUT2D eigenvalue weighted by Crippen LogP contribution is 2.31. The van der Waals surface area contributed by atoms with Crippen molar-refractivity contribution in [3.63, 3.8) is 0 Å². The summed E-state index contributed by atoms with van der Waals surface area (Å²) in [6.45, 7) is 8.42. The summed E-state index contributed by atoms with van der Waals surface area (Å²) in [6, 6.07) is 0.769. The first-order valence-corrected chi connectivity index (χ1v) is 6.75. The van der Waals surface area contributed by atoms with E-state index in [0.717, 1.165) is 6.04 Å². The molecule has 2 aliphatic rings. The molecule has 1 heterocycles. The second kappa shape index (κ2) is 4.84. The zero-order valence-corrected chi connectivity index (χ0v) is 10.4. The summed E-state index contributed by atoms with van der Waals surface area (Å²) in [5.74, 6) is 0. The lowest BCUT2D eigenvalue weighted by atomic mass is 9.80. The zero-order chi connectivity index (χ0) is 10.7. The molecule has 0 aromatic rings. The van der Waals surface area contributed by atoms with Gasteiger partial charge in [0, 0.05) is 31.2 Å². The van der Waals surface area contributed by atoms with Crippen LogP contribution < -0.4 is 5.32 Å². The van der Waals surface area contributed by atoms with Gasteiger partial charge in [0.1, 0.15) is 0 Å². The molecule has 1 unspecified atom stereocenters. The second-order valence-electron chi connectivity index (χ2n) is 5.50. The first-order valence-electron chi connectivity index (χ1n) is 6.75. The molecule has 1 saturated carbocycles. The van der Waals surface area contributed by atoms with Gasteiger partial charge in [0.25, 0.3) is 0 Å². The van der Waals surface area contributed by atoms with Gasteiger partial charge in [-0.15, -0.1) is 0 Å². The maximum atomic E-state index is 3.80. The molecule has 1 N–H and O–H groups in total. The molecule has 1 aliphatic carbocycles. The molecule has 2 nitrogen and oxygen atoms in total. The summed E-state index contributed by atoms with van der Waals surface area (Å²) >= 11 is 0. The fraction of sp³-hybridized carbons (Fsp3) is 1.00. The van der Waals surface area contributed by atoms with Crippen molar-refractivity contribution >= 4 is 0 Å². The van der Waals surface area contributed by atoms with Gasteiger partial charge in [-0.25, -0.2) is 0 Å². The molecule has 0 aromatic heterocycles. The Kier molecular flexibility index (Phi) is 3.68. The van der Waals surface area contributed by atoms with E-state index in [-0.39, 0.29) is 0 Å². The predicted molar refractivity (Wildman–Crippen MR) is 65.1 cm³/mol. The quantitative estimate of drug-likeness (QED) is 0.753. The lowest BCUT2D eigenvalue weighted by molar-refractivity contribution is 0.0720. The van der Waals surface area contributed by atoms with Crippen molar-refractivity contribution in [2.45, 2.75) is 64.0 Å². The first kappa shape index (κ1) is 11.4. The Morgan fingerprint density at radius 1 is 1.27 bits per heavy atom. The molecule has 0 radical (unpaired) electrons. The van der Waals surface area contributed by atoms with Crippen molar-refractivity contribution in [3.05, 3.63) is 0 Å². The monoisotopic (exact) mass is 210 g/mol. The van der Waals surface area contributed by atoms with E-state index in [1.165, 1.54) is 58.2 Å². The van der Waals surface area contributed by atoms with E-state index in [0.29, 0.717) is 5.54 Å². The van der Waals surface area contributed by atoms with Gasteiger partial charge in [-0.3, -0.25) is 4.90 Å². The van der Waals surface area contributed by atoms with Crippen LogP contribution in [0, 0.1) is 0 Å². The van der Waals surface area contributed by atoms with Crippen LogP contribution in [-0.4, -0.2) is 36.1 Å². The van der Waals surface area contributed by atoms with Crippen LogP contribution in [0.3, 0.4) is 0 Å². The van der Waals surface area contributed by atoms with Crippen molar-refractivity contribution < 1.29 is 0 Å². The highest BCUT2D eigenvalue weighted by Gasteiger charge is 2.36. The Balaban J connectivity index is 1.96. The number of nitrogens with one attached hydrogen (secondary N) is 1. The maximum absolute atomic E-state index is 3.80. The summed E-state index contributed by atoms with van der Waals surface area (Å²) in [7, 11) is 0. The lowest BCUT2D eigenvalue weighted by Gasteiger charge is -2.48. The first-order chi connectivity index (χ1) is 7.26. The molecule has 0 amide bonds. The number of piperazine rings is 1. The van der Waals surface area contributed by atoms with Crippen molar-refractivity contribution in [1.29, 1.82) is 0 Å². The number of hydrogen-bond donors (Lipinski definition) is 1. The molecular weight excluding hydrogens is 184 g/mol. The number of nitrogens with zero attached hydrogens (tertiary/aromatic N) is 1. The van der Waals surface area contributed by atoms with Crippen molar-refractivity contribution in [1.82, 2.24) is 10.2 Å². The summed E-state index contributed by atoms with van der Waals surface area (Å²) in [5, 5.41) is 3.80. The Bertz CT molecular complexity index is 191. The van der Waals surface area contributed by atoms with E-state index < -0.39 is 0 Å². The molecule has 15 heavy (non-hydrogen) atoms. The van der Waals surface area contributed by atoms with Gasteiger partial charge < -0.3 is 5.32 Å². The van der Waals surface area contributed by atoms with Gasteiger partial charge in [0.05, 0.1) is 0 Å². The molecular formula is C13H26N2. The van der Waals surface area contributed by atoms with Crippen LogP contribution >= 0.6 is 0 Å². The van der Waals surface area contributed by atoms with E-state index in [1.54, 1.807) is 0 Å². The Morgan fingerprint density at radius 3 is 2.67 bits per heavy atom. The summed E-state index contributed by atoms with van der Waals surface area (Å²) in [6.07, 6.45) is 8.41. The molecule has 2 fully saturated rings. The SMILES string of the molecule is CCC(C)N1CCNC2(CCCCC2)C1. The largest absolute Gasteiger partial charge is 0.309 e. The molecule has 1 atom stereocenters. The second-order valence-corrected chi connectivity index (χ2v) is 5.50. The zero-order valence-electron chi connectivity index (χ0n) is 10.4. The normalized spacial score (nSPS) is 29.2. The molecule has 1 aliphatic heterocycles. The molecule has 88 valence electrons. The van der Waals surface area contributed by atoms with Crippen LogP contribution in [0.25, 0.3) is 0 Å². The van der Waals surface area contributed by atoms with Gasteiger partial charge in [0.15, 0.2) is 0 Å². The molecule has 1 spiro atoms. The molecule has 2 rings (SSSR count).